The molecule has 0 saturated heterocycles. The Morgan fingerprint density at radius 3 is 2.65 bits per heavy atom. The number of halogens is 2. The van der Waals surface area contributed by atoms with Crippen LogP contribution in [0, 0.1) is 5.82 Å². The lowest BCUT2D eigenvalue weighted by Gasteiger charge is -2.14. The average molecular weight is 294 g/mol. The zero-order chi connectivity index (χ0) is 14.5. The Morgan fingerprint density at radius 1 is 1.20 bits per heavy atom. The summed E-state index contributed by atoms with van der Waals surface area (Å²) in [4.78, 5) is 0. The maximum absolute atomic E-state index is 13.3. The highest BCUT2D eigenvalue weighted by Crippen LogP contribution is 2.24. The van der Waals surface area contributed by atoms with E-state index in [4.69, 9.17) is 22.1 Å². The van der Waals surface area contributed by atoms with Gasteiger partial charge in [0.1, 0.15) is 18.2 Å². The molecule has 2 rings (SSSR count). The molecule has 0 aliphatic rings. The maximum Gasteiger partial charge on any atom is 0.123 e. The normalized spacial score (nSPS) is 12.2. The van der Waals surface area contributed by atoms with Gasteiger partial charge in [0.2, 0.25) is 0 Å². The highest BCUT2D eigenvalue weighted by Gasteiger charge is 2.09. The Bertz CT molecular complexity index is 586. The molecule has 106 valence electrons. The van der Waals surface area contributed by atoms with Crippen molar-refractivity contribution in [3.8, 4) is 5.75 Å². The molecule has 2 N–H and O–H groups in total. The molecular formula is C16H17ClFNO. The fourth-order valence-corrected chi connectivity index (χ4v) is 2.16. The van der Waals surface area contributed by atoms with Crippen LogP contribution in [0.15, 0.2) is 42.5 Å². The molecule has 1 atom stereocenters. The highest BCUT2D eigenvalue weighted by atomic mass is 35.5. The molecule has 0 aromatic heterocycles. The van der Waals surface area contributed by atoms with E-state index in [1.54, 1.807) is 6.07 Å². The van der Waals surface area contributed by atoms with Crippen LogP contribution in [-0.4, -0.2) is 6.04 Å². The molecule has 4 heteroatoms. The van der Waals surface area contributed by atoms with E-state index in [-0.39, 0.29) is 11.9 Å². The molecule has 2 nitrogen and oxygen atoms in total. The van der Waals surface area contributed by atoms with E-state index in [1.165, 1.54) is 12.1 Å². The van der Waals surface area contributed by atoms with Crippen LogP contribution >= 0.6 is 11.6 Å². The van der Waals surface area contributed by atoms with E-state index in [0.29, 0.717) is 23.8 Å². The van der Waals surface area contributed by atoms with Crippen LogP contribution in [-0.2, 0) is 13.0 Å². The lowest BCUT2D eigenvalue weighted by atomic mass is 10.1. The zero-order valence-corrected chi connectivity index (χ0v) is 12.0. The summed E-state index contributed by atoms with van der Waals surface area (Å²) in [6, 6.07) is 11.9. The second-order valence-corrected chi connectivity index (χ2v) is 5.22. The minimum atomic E-state index is -0.286. The minimum absolute atomic E-state index is 0.0561. The van der Waals surface area contributed by atoms with Gasteiger partial charge in [0, 0.05) is 16.6 Å². The molecule has 0 aliphatic heterocycles. The van der Waals surface area contributed by atoms with Gasteiger partial charge in [-0.25, -0.2) is 4.39 Å². The molecule has 0 bridgehead atoms. The maximum atomic E-state index is 13.3. The summed E-state index contributed by atoms with van der Waals surface area (Å²) in [5, 5.41) is 0.656. The number of nitrogens with two attached hydrogens (primary N) is 1. The quantitative estimate of drug-likeness (QED) is 0.906. The number of ether oxygens (including phenoxy) is 1. The van der Waals surface area contributed by atoms with Crippen molar-refractivity contribution in [2.45, 2.75) is 26.0 Å². The molecule has 0 aliphatic carbocycles. The van der Waals surface area contributed by atoms with Crippen LogP contribution in [0.1, 0.15) is 18.1 Å². The Hall–Kier alpha value is -1.58. The van der Waals surface area contributed by atoms with Crippen molar-refractivity contribution in [3.05, 3.63) is 64.4 Å². The number of rotatable bonds is 5. The van der Waals surface area contributed by atoms with Crippen LogP contribution in [0.2, 0.25) is 5.02 Å². The minimum Gasteiger partial charge on any atom is -0.489 e. The van der Waals surface area contributed by atoms with Crippen molar-refractivity contribution in [1.29, 1.82) is 0 Å². The molecular weight excluding hydrogens is 277 g/mol. The van der Waals surface area contributed by atoms with Crippen molar-refractivity contribution in [1.82, 2.24) is 0 Å². The Labute approximate surface area is 123 Å². The van der Waals surface area contributed by atoms with E-state index >= 15 is 0 Å². The summed E-state index contributed by atoms with van der Waals surface area (Å²) in [7, 11) is 0. The summed E-state index contributed by atoms with van der Waals surface area (Å²) >= 11 is 6.08. The van der Waals surface area contributed by atoms with Gasteiger partial charge in [-0.2, -0.15) is 0 Å². The summed E-state index contributed by atoms with van der Waals surface area (Å²) in [6.45, 7) is 2.22. The molecule has 20 heavy (non-hydrogen) atoms. The van der Waals surface area contributed by atoms with Gasteiger partial charge in [0.25, 0.3) is 0 Å². The van der Waals surface area contributed by atoms with Crippen LogP contribution < -0.4 is 10.5 Å². The smallest absolute Gasteiger partial charge is 0.123 e. The Morgan fingerprint density at radius 2 is 1.95 bits per heavy atom. The second kappa shape index (κ2) is 6.73. The van der Waals surface area contributed by atoms with Gasteiger partial charge in [0.05, 0.1) is 0 Å². The van der Waals surface area contributed by atoms with E-state index < -0.39 is 0 Å². The van der Waals surface area contributed by atoms with E-state index in [1.807, 2.05) is 31.2 Å². The lowest BCUT2D eigenvalue weighted by Crippen LogP contribution is -2.18. The fraction of sp³-hybridized carbons (Fsp3) is 0.250. The summed E-state index contributed by atoms with van der Waals surface area (Å²) in [6.07, 6.45) is 0.565. The molecule has 1 unspecified atom stereocenters. The second-order valence-electron chi connectivity index (χ2n) is 4.81. The van der Waals surface area contributed by atoms with Crippen LogP contribution in [0.5, 0.6) is 5.75 Å². The number of hydrogen-bond acceptors (Lipinski definition) is 2. The summed E-state index contributed by atoms with van der Waals surface area (Å²) < 4.78 is 19.1. The first-order valence-corrected chi connectivity index (χ1v) is 6.84. The van der Waals surface area contributed by atoms with Gasteiger partial charge in [0.15, 0.2) is 0 Å². The molecule has 0 spiro atoms. The van der Waals surface area contributed by atoms with E-state index in [0.717, 1.165) is 11.1 Å². The summed E-state index contributed by atoms with van der Waals surface area (Å²) in [5.74, 6) is 0.356. The zero-order valence-electron chi connectivity index (χ0n) is 11.3. The topological polar surface area (TPSA) is 35.2 Å². The van der Waals surface area contributed by atoms with Crippen molar-refractivity contribution in [2.24, 2.45) is 5.73 Å². The SMILES string of the molecule is CC(N)Cc1cc(F)ccc1OCc1ccccc1Cl. The monoisotopic (exact) mass is 293 g/mol. The Balaban J connectivity index is 2.15. The average Bonchev–Trinajstić information content (AvgIpc) is 2.39. The van der Waals surface area contributed by atoms with E-state index in [9.17, 15) is 4.39 Å². The summed E-state index contributed by atoms with van der Waals surface area (Å²) in [5.41, 5.74) is 7.44. The first kappa shape index (κ1) is 14.8. The van der Waals surface area contributed by atoms with Crippen molar-refractivity contribution in [3.63, 3.8) is 0 Å². The molecule has 0 amide bonds. The van der Waals surface area contributed by atoms with Gasteiger partial charge in [-0.3, -0.25) is 0 Å². The van der Waals surface area contributed by atoms with Gasteiger partial charge in [-0.05, 0) is 43.2 Å². The predicted molar refractivity (Wildman–Crippen MR) is 79.5 cm³/mol. The van der Waals surface area contributed by atoms with Crippen molar-refractivity contribution in [2.75, 3.05) is 0 Å². The largest absolute Gasteiger partial charge is 0.489 e. The first-order valence-electron chi connectivity index (χ1n) is 6.46. The third kappa shape index (κ3) is 3.95. The molecule has 0 radical (unpaired) electrons. The molecule has 0 fully saturated rings. The lowest BCUT2D eigenvalue weighted by molar-refractivity contribution is 0.302. The van der Waals surface area contributed by atoms with Gasteiger partial charge in [-0.1, -0.05) is 29.8 Å². The van der Waals surface area contributed by atoms with Gasteiger partial charge < -0.3 is 10.5 Å². The van der Waals surface area contributed by atoms with Crippen molar-refractivity contribution >= 4 is 11.6 Å². The van der Waals surface area contributed by atoms with E-state index in [2.05, 4.69) is 0 Å². The molecule has 2 aromatic rings. The molecule has 0 saturated carbocycles. The fourth-order valence-electron chi connectivity index (χ4n) is 1.97. The third-order valence-corrected chi connectivity index (χ3v) is 3.27. The number of benzene rings is 2. The van der Waals surface area contributed by atoms with Gasteiger partial charge in [-0.15, -0.1) is 0 Å². The van der Waals surface area contributed by atoms with Crippen molar-refractivity contribution < 1.29 is 9.13 Å². The first-order chi connectivity index (χ1) is 9.56. The third-order valence-electron chi connectivity index (χ3n) is 2.91. The van der Waals surface area contributed by atoms with Gasteiger partial charge >= 0.3 is 0 Å². The standard InChI is InChI=1S/C16H17ClFNO/c1-11(19)8-13-9-14(18)6-7-16(13)20-10-12-4-2-3-5-15(12)17/h2-7,9,11H,8,10,19H2,1H3. The van der Waals surface area contributed by atoms with Crippen LogP contribution in [0.25, 0.3) is 0 Å². The van der Waals surface area contributed by atoms with Crippen LogP contribution in [0.3, 0.4) is 0 Å². The highest BCUT2D eigenvalue weighted by molar-refractivity contribution is 6.31. The molecule has 0 heterocycles. The number of hydrogen-bond donors (Lipinski definition) is 1. The molecule has 2 aromatic carbocycles. The predicted octanol–water partition coefficient (Wildman–Crippen LogP) is 3.95. The van der Waals surface area contributed by atoms with Crippen LogP contribution in [0.4, 0.5) is 4.39 Å². The Kier molecular flexibility index (Phi) is 4.99.